The standard InChI is InChI=1S/C15H20F3NO3S/c1-14(2,9-23-10-15(16,17)18)19(13(20)21)8-11-4-6-12(22-3)7-5-11/h4-7H,8-10H2,1-3H3,(H,20,21). The number of hydrogen-bond donors (Lipinski definition) is 1. The minimum absolute atomic E-state index is 0.0506. The van der Waals surface area contributed by atoms with Crippen LogP contribution in [0.15, 0.2) is 24.3 Å². The number of benzene rings is 1. The quantitative estimate of drug-likeness (QED) is 0.798. The van der Waals surface area contributed by atoms with Crippen LogP contribution in [0.3, 0.4) is 0 Å². The maximum Gasteiger partial charge on any atom is 0.408 e. The molecule has 0 fully saturated rings. The first-order valence-electron chi connectivity index (χ1n) is 6.83. The summed E-state index contributed by atoms with van der Waals surface area (Å²) in [5.74, 6) is -0.294. The third-order valence-electron chi connectivity index (χ3n) is 3.18. The number of nitrogens with zero attached hydrogens (tertiary/aromatic N) is 1. The summed E-state index contributed by atoms with van der Waals surface area (Å²) in [6.45, 7) is 3.33. The zero-order valence-electron chi connectivity index (χ0n) is 13.2. The fraction of sp³-hybridized carbons (Fsp3) is 0.533. The normalized spacial score (nSPS) is 12.1. The van der Waals surface area contributed by atoms with E-state index in [1.807, 2.05) is 0 Å². The monoisotopic (exact) mass is 351 g/mol. The van der Waals surface area contributed by atoms with Crippen molar-refractivity contribution in [3.05, 3.63) is 29.8 Å². The fourth-order valence-electron chi connectivity index (χ4n) is 1.95. The first-order chi connectivity index (χ1) is 10.5. The van der Waals surface area contributed by atoms with Gasteiger partial charge in [-0.05, 0) is 31.5 Å². The summed E-state index contributed by atoms with van der Waals surface area (Å²) in [6.07, 6.45) is -5.43. The molecule has 0 aliphatic heterocycles. The smallest absolute Gasteiger partial charge is 0.408 e. The van der Waals surface area contributed by atoms with Gasteiger partial charge in [0.1, 0.15) is 5.75 Å². The molecule has 0 radical (unpaired) electrons. The molecule has 0 atom stereocenters. The fourth-order valence-corrected chi connectivity index (χ4v) is 2.94. The van der Waals surface area contributed by atoms with Gasteiger partial charge in [0.15, 0.2) is 0 Å². The lowest BCUT2D eigenvalue weighted by Crippen LogP contribution is -2.48. The van der Waals surface area contributed by atoms with Crippen LogP contribution in [0.5, 0.6) is 5.75 Å². The molecular weight excluding hydrogens is 331 g/mol. The average Bonchev–Trinajstić information content (AvgIpc) is 2.43. The number of hydrogen-bond acceptors (Lipinski definition) is 3. The van der Waals surface area contributed by atoms with E-state index in [0.29, 0.717) is 17.5 Å². The van der Waals surface area contributed by atoms with Crippen molar-refractivity contribution in [2.45, 2.75) is 32.1 Å². The van der Waals surface area contributed by atoms with Gasteiger partial charge in [-0.2, -0.15) is 24.9 Å². The van der Waals surface area contributed by atoms with Gasteiger partial charge in [0.05, 0.1) is 18.4 Å². The van der Waals surface area contributed by atoms with Crippen LogP contribution in [0.25, 0.3) is 0 Å². The van der Waals surface area contributed by atoms with E-state index in [1.54, 1.807) is 38.1 Å². The Labute approximate surface area is 137 Å². The van der Waals surface area contributed by atoms with Crippen molar-refractivity contribution in [2.24, 2.45) is 0 Å². The lowest BCUT2D eigenvalue weighted by molar-refractivity contribution is -0.105. The van der Waals surface area contributed by atoms with Crippen molar-refractivity contribution in [1.29, 1.82) is 0 Å². The van der Waals surface area contributed by atoms with Crippen LogP contribution in [0.1, 0.15) is 19.4 Å². The van der Waals surface area contributed by atoms with Crippen molar-refractivity contribution in [3.63, 3.8) is 0 Å². The van der Waals surface area contributed by atoms with Crippen LogP contribution in [0.2, 0.25) is 0 Å². The first kappa shape index (κ1) is 19.5. The third-order valence-corrected chi connectivity index (χ3v) is 4.62. The predicted octanol–water partition coefficient (Wildman–Crippen LogP) is 4.25. The SMILES string of the molecule is COc1ccc(CN(C(=O)O)C(C)(C)CSCC(F)(F)F)cc1. The van der Waals surface area contributed by atoms with Crippen LogP contribution in [-0.4, -0.2) is 46.4 Å². The predicted molar refractivity (Wildman–Crippen MR) is 84.0 cm³/mol. The van der Waals surface area contributed by atoms with Gasteiger partial charge in [-0.3, -0.25) is 4.90 Å². The third kappa shape index (κ3) is 6.60. The average molecular weight is 351 g/mol. The van der Waals surface area contributed by atoms with Crippen molar-refractivity contribution < 1.29 is 27.8 Å². The van der Waals surface area contributed by atoms with E-state index in [9.17, 15) is 23.1 Å². The summed E-state index contributed by atoms with van der Waals surface area (Å²) in [7, 11) is 1.53. The van der Waals surface area contributed by atoms with Gasteiger partial charge < -0.3 is 9.84 Å². The summed E-state index contributed by atoms with van der Waals surface area (Å²) in [4.78, 5) is 12.7. The van der Waals surface area contributed by atoms with E-state index in [2.05, 4.69) is 0 Å². The first-order valence-corrected chi connectivity index (χ1v) is 7.98. The molecule has 130 valence electrons. The largest absolute Gasteiger partial charge is 0.497 e. The summed E-state index contributed by atoms with van der Waals surface area (Å²) in [6, 6.07) is 6.88. The van der Waals surface area contributed by atoms with E-state index >= 15 is 0 Å². The second-order valence-corrected chi connectivity index (χ2v) is 6.62. The summed E-state index contributed by atoms with van der Waals surface area (Å²) in [5, 5.41) is 9.40. The molecule has 1 rings (SSSR count). The Morgan fingerprint density at radius 2 is 1.78 bits per heavy atom. The highest BCUT2D eigenvalue weighted by molar-refractivity contribution is 7.99. The molecule has 1 N–H and O–H groups in total. The lowest BCUT2D eigenvalue weighted by Gasteiger charge is -2.36. The van der Waals surface area contributed by atoms with E-state index in [4.69, 9.17) is 4.74 Å². The van der Waals surface area contributed by atoms with Crippen molar-refractivity contribution in [2.75, 3.05) is 18.6 Å². The molecule has 0 saturated heterocycles. The number of thioether (sulfide) groups is 1. The van der Waals surface area contributed by atoms with Crippen molar-refractivity contribution >= 4 is 17.9 Å². The Balaban J connectivity index is 2.76. The zero-order chi connectivity index (χ0) is 17.7. The number of methoxy groups -OCH3 is 1. The van der Waals surface area contributed by atoms with Gasteiger partial charge >= 0.3 is 12.3 Å². The second-order valence-electron chi connectivity index (χ2n) is 5.64. The van der Waals surface area contributed by atoms with Crippen LogP contribution in [0.4, 0.5) is 18.0 Å². The number of alkyl halides is 3. The molecule has 23 heavy (non-hydrogen) atoms. The molecule has 0 heterocycles. The molecule has 0 aliphatic rings. The van der Waals surface area contributed by atoms with E-state index < -0.39 is 23.6 Å². The van der Waals surface area contributed by atoms with E-state index in [1.165, 1.54) is 7.11 Å². The van der Waals surface area contributed by atoms with Gasteiger partial charge in [-0.1, -0.05) is 12.1 Å². The van der Waals surface area contributed by atoms with Crippen molar-refractivity contribution in [1.82, 2.24) is 4.90 Å². The highest BCUT2D eigenvalue weighted by Crippen LogP contribution is 2.28. The Hall–Kier alpha value is -1.57. The highest BCUT2D eigenvalue weighted by atomic mass is 32.2. The topological polar surface area (TPSA) is 49.8 Å². The molecule has 1 aromatic carbocycles. The molecule has 0 saturated carbocycles. The molecule has 0 spiro atoms. The van der Waals surface area contributed by atoms with Gasteiger partial charge in [0.2, 0.25) is 0 Å². The second kappa shape index (κ2) is 7.81. The van der Waals surface area contributed by atoms with Crippen LogP contribution in [-0.2, 0) is 6.54 Å². The lowest BCUT2D eigenvalue weighted by atomic mass is 10.0. The highest BCUT2D eigenvalue weighted by Gasteiger charge is 2.33. The van der Waals surface area contributed by atoms with E-state index in [-0.39, 0.29) is 12.3 Å². The number of amides is 1. The molecule has 1 aromatic rings. The summed E-state index contributed by atoms with van der Waals surface area (Å²) >= 11 is 0.680. The maximum atomic E-state index is 12.2. The summed E-state index contributed by atoms with van der Waals surface area (Å²) < 4.78 is 41.8. The molecule has 4 nitrogen and oxygen atoms in total. The minimum atomic E-state index is -4.26. The van der Waals surface area contributed by atoms with Crippen LogP contribution < -0.4 is 4.74 Å². The molecule has 0 aromatic heterocycles. The number of rotatable bonds is 7. The van der Waals surface area contributed by atoms with Gasteiger partial charge in [-0.25, -0.2) is 4.79 Å². The van der Waals surface area contributed by atoms with Gasteiger partial charge in [0, 0.05) is 12.3 Å². The molecule has 0 unspecified atom stereocenters. The number of carboxylic acid groups (broad SMARTS) is 1. The Morgan fingerprint density at radius 1 is 1.22 bits per heavy atom. The molecule has 0 aliphatic carbocycles. The Morgan fingerprint density at radius 3 is 2.22 bits per heavy atom. The minimum Gasteiger partial charge on any atom is -0.497 e. The number of ether oxygens (including phenoxy) is 1. The van der Waals surface area contributed by atoms with Crippen LogP contribution >= 0.6 is 11.8 Å². The molecule has 1 amide bonds. The molecule has 8 heteroatoms. The Bertz CT molecular complexity index is 518. The van der Waals surface area contributed by atoms with E-state index in [0.717, 1.165) is 10.5 Å². The van der Waals surface area contributed by atoms with Crippen LogP contribution in [0, 0.1) is 0 Å². The summed E-state index contributed by atoms with van der Waals surface area (Å²) in [5.41, 5.74) is -0.191. The van der Waals surface area contributed by atoms with Crippen molar-refractivity contribution in [3.8, 4) is 5.75 Å². The maximum absolute atomic E-state index is 12.2. The molecular formula is C15H20F3NO3S. The molecule has 0 bridgehead atoms. The van der Waals surface area contributed by atoms with Gasteiger partial charge in [-0.15, -0.1) is 0 Å². The Kier molecular flexibility index (Phi) is 6.61. The van der Waals surface area contributed by atoms with Gasteiger partial charge in [0.25, 0.3) is 0 Å². The number of halogens is 3. The number of carbonyl (C=O) groups is 1. The zero-order valence-corrected chi connectivity index (χ0v) is 14.0.